The van der Waals surface area contributed by atoms with Crippen molar-refractivity contribution in [3.8, 4) is 5.75 Å². The molecular formula is C25H31NO5. The normalized spacial score (nSPS) is 15.5. The molecule has 0 spiro atoms. The molecule has 1 saturated carbocycles. The fraction of sp³-hybridized carbons (Fsp3) is 0.480. The van der Waals surface area contributed by atoms with Gasteiger partial charge in [-0.15, -0.1) is 0 Å². The van der Waals surface area contributed by atoms with Crippen LogP contribution in [-0.2, 0) is 21.5 Å². The van der Waals surface area contributed by atoms with Gasteiger partial charge in [-0.3, -0.25) is 9.59 Å². The average Bonchev–Trinajstić information content (AvgIpc) is 2.78. The van der Waals surface area contributed by atoms with Gasteiger partial charge in [0.05, 0.1) is 19.4 Å². The van der Waals surface area contributed by atoms with E-state index in [2.05, 4.69) is 12.1 Å². The average molecular weight is 426 g/mol. The van der Waals surface area contributed by atoms with Gasteiger partial charge in [-0.05, 0) is 31.7 Å². The molecule has 1 aromatic heterocycles. The smallest absolute Gasteiger partial charge is 0.343 e. The Hall–Kier alpha value is -2.89. The number of hydrogen-bond donors (Lipinski definition) is 0. The van der Waals surface area contributed by atoms with E-state index in [4.69, 9.17) is 9.47 Å². The van der Waals surface area contributed by atoms with Crippen LogP contribution in [0.25, 0.3) is 0 Å². The third kappa shape index (κ3) is 5.43. The van der Waals surface area contributed by atoms with Crippen LogP contribution in [0.5, 0.6) is 5.75 Å². The molecule has 6 heteroatoms. The molecular weight excluding hydrogens is 394 g/mol. The summed E-state index contributed by atoms with van der Waals surface area (Å²) in [6.45, 7) is 4.90. The molecule has 0 aliphatic heterocycles. The Labute approximate surface area is 183 Å². The first-order valence-electron chi connectivity index (χ1n) is 11.1. The number of ether oxygens (including phenoxy) is 2. The molecule has 2 aromatic rings. The zero-order valence-corrected chi connectivity index (χ0v) is 18.4. The van der Waals surface area contributed by atoms with Crippen LogP contribution < -0.4 is 10.2 Å². The Morgan fingerprint density at radius 2 is 1.77 bits per heavy atom. The molecule has 0 N–H and O–H groups in total. The highest BCUT2D eigenvalue weighted by atomic mass is 16.5. The number of ketones is 1. The Morgan fingerprint density at radius 1 is 1.06 bits per heavy atom. The molecule has 0 unspecified atom stereocenters. The van der Waals surface area contributed by atoms with E-state index < -0.39 is 11.4 Å². The van der Waals surface area contributed by atoms with Crippen molar-refractivity contribution in [3.05, 3.63) is 64.1 Å². The maximum Gasteiger partial charge on any atom is 0.343 e. The number of aromatic nitrogens is 1. The van der Waals surface area contributed by atoms with E-state index in [-0.39, 0.29) is 29.1 Å². The summed E-state index contributed by atoms with van der Waals surface area (Å²) in [5.41, 5.74) is 0.438. The van der Waals surface area contributed by atoms with Crippen molar-refractivity contribution in [2.45, 2.75) is 64.3 Å². The zero-order chi connectivity index (χ0) is 22.3. The topological polar surface area (TPSA) is 74.6 Å². The lowest BCUT2D eigenvalue weighted by Crippen LogP contribution is -2.37. The van der Waals surface area contributed by atoms with Crippen LogP contribution in [0, 0.1) is 0 Å². The molecule has 0 atom stereocenters. The van der Waals surface area contributed by atoms with Gasteiger partial charge in [-0.1, -0.05) is 43.7 Å². The summed E-state index contributed by atoms with van der Waals surface area (Å²) in [5.74, 6) is -0.203. The molecule has 31 heavy (non-hydrogen) atoms. The van der Waals surface area contributed by atoms with E-state index >= 15 is 0 Å². The van der Waals surface area contributed by atoms with Crippen molar-refractivity contribution in [3.63, 3.8) is 0 Å². The van der Waals surface area contributed by atoms with Gasteiger partial charge >= 0.3 is 5.97 Å². The monoisotopic (exact) mass is 425 g/mol. The summed E-state index contributed by atoms with van der Waals surface area (Å²) >= 11 is 0. The van der Waals surface area contributed by atoms with Crippen LogP contribution in [0.4, 0.5) is 0 Å². The minimum absolute atomic E-state index is 0.0223. The fourth-order valence-corrected chi connectivity index (χ4v) is 4.17. The number of unbranched alkanes of at least 4 members (excludes halogenated alkanes) is 1. The third-order valence-electron chi connectivity index (χ3n) is 5.93. The Morgan fingerprint density at radius 3 is 2.42 bits per heavy atom. The second-order valence-electron chi connectivity index (χ2n) is 8.15. The lowest BCUT2D eigenvalue weighted by molar-refractivity contribution is -0.121. The summed E-state index contributed by atoms with van der Waals surface area (Å²) in [6.07, 6.45) is 7.51. The number of nitrogens with zero attached hydrogens (tertiary/aromatic N) is 1. The standard InChI is InChI=1S/C25H31NO5/c1-3-5-15-31-22-17-26(16-21(23(22)28)24(29)30-4-2)18-25(13-11-20(27)12-14-25)19-9-7-6-8-10-19/h6-10,16-17H,3-5,11-15,18H2,1-2H3. The van der Waals surface area contributed by atoms with Crippen molar-refractivity contribution < 1.29 is 19.1 Å². The summed E-state index contributed by atoms with van der Waals surface area (Å²) in [6, 6.07) is 10.2. The maximum absolute atomic E-state index is 12.8. The van der Waals surface area contributed by atoms with Crippen molar-refractivity contribution >= 4 is 11.8 Å². The summed E-state index contributed by atoms with van der Waals surface area (Å²) in [7, 11) is 0. The number of Topliss-reactive ketones (excluding diaryl/α,β-unsaturated/α-hetero) is 1. The van der Waals surface area contributed by atoms with Crippen LogP contribution in [-0.4, -0.2) is 29.5 Å². The van der Waals surface area contributed by atoms with Gasteiger partial charge in [0.1, 0.15) is 11.3 Å². The molecule has 3 rings (SSSR count). The highest BCUT2D eigenvalue weighted by Crippen LogP contribution is 2.40. The van der Waals surface area contributed by atoms with Gasteiger partial charge in [0.2, 0.25) is 5.43 Å². The van der Waals surface area contributed by atoms with Crippen molar-refractivity contribution in [2.75, 3.05) is 13.2 Å². The molecule has 166 valence electrons. The van der Waals surface area contributed by atoms with Crippen molar-refractivity contribution in [1.29, 1.82) is 0 Å². The predicted molar refractivity (Wildman–Crippen MR) is 119 cm³/mol. The summed E-state index contributed by atoms with van der Waals surface area (Å²) in [4.78, 5) is 37.2. The quantitative estimate of drug-likeness (QED) is 0.443. The van der Waals surface area contributed by atoms with Gasteiger partial charge < -0.3 is 14.0 Å². The van der Waals surface area contributed by atoms with E-state index in [1.54, 1.807) is 19.3 Å². The lowest BCUT2D eigenvalue weighted by atomic mass is 9.69. The molecule has 0 radical (unpaired) electrons. The highest BCUT2D eigenvalue weighted by molar-refractivity contribution is 5.89. The Balaban J connectivity index is 2.01. The molecule has 0 amide bonds. The molecule has 1 heterocycles. The first-order chi connectivity index (χ1) is 15.0. The van der Waals surface area contributed by atoms with Crippen molar-refractivity contribution in [1.82, 2.24) is 4.57 Å². The van der Waals surface area contributed by atoms with E-state index in [1.165, 1.54) is 0 Å². The van der Waals surface area contributed by atoms with Crippen LogP contribution in [0.1, 0.15) is 68.3 Å². The molecule has 6 nitrogen and oxygen atoms in total. The minimum atomic E-state index is -0.644. The number of rotatable bonds is 9. The summed E-state index contributed by atoms with van der Waals surface area (Å²) in [5, 5.41) is 0. The van der Waals surface area contributed by atoms with Crippen molar-refractivity contribution in [2.24, 2.45) is 0 Å². The van der Waals surface area contributed by atoms with E-state index in [1.807, 2.05) is 29.7 Å². The van der Waals surface area contributed by atoms with Crippen LogP contribution in [0.3, 0.4) is 0 Å². The third-order valence-corrected chi connectivity index (χ3v) is 5.93. The number of benzene rings is 1. The minimum Gasteiger partial charge on any atom is -0.488 e. The molecule has 1 fully saturated rings. The number of carbonyl (C=O) groups excluding carboxylic acids is 2. The van der Waals surface area contributed by atoms with Gasteiger partial charge in [-0.2, -0.15) is 0 Å². The molecule has 1 aromatic carbocycles. The maximum atomic E-state index is 12.8. The first-order valence-corrected chi connectivity index (χ1v) is 11.1. The Bertz CT molecular complexity index is 954. The summed E-state index contributed by atoms with van der Waals surface area (Å²) < 4.78 is 12.7. The highest BCUT2D eigenvalue weighted by Gasteiger charge is 2.37. The van der Waals surface area contributed by atoms with E-state index in [0.29, 0.717) is 26.0 Å². The van der Waals surface area contributed by atoms with Gasteiger partial charge in [0.25, 0.3) is 0 Å². The largest absolute Gasteiger partial charge is 0.488 e. The van der Waals surface area contributed by atoms with Crippen LogP contribution in [0.15, 0.2) is 47.5 Å². The van der Waals surface area contributed by atoms with Gasteiger partial charge in [0, 0.05) is 31.0 Å². The van der Waals surface area contributed by atoms with Crippen LogP contribution in [0.2, 0.25) is 0 Å². The van der Waals surface area contributed by atoms with Crippen LogP contribution >= 0.6 is 0 Å². The molecule has 1 aliphatic rings. The number of carbonyl (C=O) groups is 2. The zero-order valence-electron chi connectivity index (χ0n) is 18.4. The number of esters is 1. The Kier molecular flexibility index (Phi) is 7.66. The SMILES string of the molecule is CCCCOc1cn(CC2(c3ccccc3)CCC(=O)CC2)cc(C(=O)OCC)c1=O. The van der Waals surface area contributed by atoms with E-state index in [9.17, 15) is 14.4 Å². The second kappa shape index (κ2) is 10.4. The first kappa shape index (κ1) is 22.8. The lowest BCUT2D eigenvalue weighted by Gasteiger charge is -2.38. The van der Waals surface area contributed by atoms with Gasteiger partial charge in [-0.25, -0.2) is 4.79 Å². The fourth-order valence-electron chi connectivity index (χ4n) is 4.17. The predicted octanol–water partition coefficient (Wildman–Crippen LogP) is 4.29. The number of hydrogen-bond acceptors (Lipinski definition) is 5. The molecule has 0 saturated heterocycles. The number of pyridine rings is 1. The van der Waals surface area contributed by atoms with E-state index in [0.717, 1.165) is 31.2 Å². The molecule has 0 bridgehead atoms. The molecule has 1 aliphatic carbocycles. The second-order valence-corrected chi connectivity index (χ2v) is 8.15. The van der Waals surface area contributed by atoms with Gasteiger partial charge in [0.15, 0.2) is 5.75 Å².